The third-order valence-electron chi connectivity index (χ3n) is 2.60. The van der Waals surface area contributed by atoms with Crippen molar-refractivity contribution in [2.24, 2.45) is 0 Å². The summed E-state index contributed by atoms with van der Waals surface area (Å²) in [5.41, 5.74) is -0.341. The fourth-order valence-corrected chi connectivity index (χ4v) is 2.41. The Balaban J connectivity index is 2.16. The van der Waals surface area contributed by atoms with Gasteiger partial charge in [0.1, 0.15) is 5.54 Å². The van der Waals surface area contributed by atoms with Crippen molar-refractivity contribution in [1.29, 1.82) is 0 Å². The first-order valence-corrected chi connectivity index (χ1v) is 6.05. The number of hydrogen-bond acceptors (Lipinski definition) is 5. The average Bonchev–Trinajstić information content (AvgIpc) is 2.78. The van der Waals surface area contributed by atoms with E-state index in [9.17, 15) is 19.7 Å². The van der Waals surface area contributed by atoms with Crippen LogP contribution >= 0.6 is 11.3 Å². The molecule has 7 nitrogen and oxygen atoms in total. The highest BCUT2D eigenvalue weighted by Crippen LogP contribution is 2.25. The highest BCUT2D eigenvalue weighted by atomic mass is 32.1. The molecule has 1 aromatic rings. The molecule has 2 rings (SSSR count). The first-order chi connectivity index (χ1) is 8.31. The summed E-state index contributed by atoms with van der Waals surface area (Å²) in [4.78, 5) is 34.6. The van der Waals surface area contributed by atoms with Crippen molar-refractivity contribution >= 4 is 28.3 Å². The molecule has 0 spiro atoms. The van der Waals surface area contributed by atoms with Crippen molar-refractivity contribution in [1.82, 2.24) is 10.2 Å². The minimum atomic E-state index is -0.918. The lowest BCUT2D eigenvalue weighted by Crippen LogP contribution is -2.40. The number of thiophene rings is 1. The van der Waals surface area contributed by atoms with Gasteiger partial charge in [-0.1, -0.05) is 11.3 Å². The fraction of sp³-hybridized carbons (Fsp3) is 0.400. The highest BCUT2D eigenvalue weighted by molar-refractivity contribution is 7.13. The Morgan fingerprint density at radius 1 is 1.50 bits per heavy atom. The van der Waals surface area contributed by atoms with Crippen molar-refractivity contribution in [3.63, 3.8) is 0 Å². The van der Waals surface area contributed by atoms with Crippen LogP contribution in [0.25, 0.3) is 0 Å². The van der Waals surface area contributed by atoms with Gasteiger partial charge < -0.3 is 5.32 Å². The molecule has 1 N–H and O–H groups in total. The number of hydrogen-bond donors (Lipinski definition) is 1. The molecule has 1 saturated heterocycles. The summed E-state index contributed by atoms with van der Waals surface area (Å²) >= 11 is 0.975. The van der Waals surface area contributed by atoms with Gasteiger partial charge >= 0.3 is 11.0 Å². The molecule has 0 aromatic carbocycles. The second kappa shape index (κ2) is 4.05. The molecule has 0 saturated carbocycles. The number of imide groups is 1. The van der Waals surface area contributed by atoms with Crippen LogP contribution in [-0.2, 0) is 11.3 Å². The van der Waals surface area contributed by atoms with E-state index in [2.05, 4.69) is 5.32 Å². The summed E-state index contributed by atoms with van der Waals surface area (Å²) < 4.78 is 0. The van der Waals surface area contributed by atoms with Crippen molar-refractivity contribution in [2.45, 2.75) is 25.9 Å². The Hall–Kier alpha value is -1.96. The monoisotopic (exact) mass is 269 g/mol. The number of rotatable bonds is 3. The Bertz CT molecular complexity index is 537. The van der Waals surface area contributed by atoms with Crippen LogP contribution in [0.3, 0.4) is 0 Å². The normalized spacial score (nSPS) is 18.0. The predicted octanol–water partition coefficient (Wildman–Crippen LogP) is 1.49. The minimum Gasteiger partial charge on any atom is -0.324 e. The van der Waals surface area contributed by atoms with Crippen LogP contribution < -0.4 is 5.32 Å². The second-order valence-electron chi connectivity index (χ2n) is 4.50. The number of nitrogens with one attached hydrogen (secondary N) is 1. The minimum absolute atomic E-state index is 0.00341. The van der Waals surface area contributed by atoms with Crippen molar-refractivity contribution < 1.29 is 14.5 Å². The Morgan fingerprint density at radius 2 is 2.17 bits per heavy atom. The van der Waals surface area contributed by atoms with Gasteiger partial charge in [-0.15, -0.1) is 0 Å². The number of nitro groups is 1. The Kier molecular flexibility index (Phi) is 2.81. The number of carbonyl (C=O) groups is 2. The fourth-order valence-electron chi connectivity index (χ4n) is 1.69. The standard InChI is InChI=1S/C10H11N3O4S/c1-10(2)8(14)12(9(15)11-10)4-6-3-7(13(16)17)18-5-6/h3,5H,4H2,1-2H3,(H,11,15). The first kappa shape index (κ1) is 12.5. The molecule has 0 unspecified atom stereocenters. The van der Waals surface area contributed by atoms with Crippen LogP contribution in [0, 0.1) is 10.1 Å². The van der Waals surface area contributed by atoms with Crippen LogP contribution in [0.2, 0.25) is 0 Å². The summed E-state index contributed by atoms with van der Waals surface area (Å²) in [6.07, 6.45) is 0. The van der Waals surface area contributed by atoms with Gasteiger partial charge in [0.2, 0.25) is 0 Å². The Morgan fingerprint density at radius 3 is 2.61 bits per heavy atom. The molecule has 0 aliphatic carbocycles. The SMILES string of the molecule is CC1(C)NC(=O)N(Cc2csc([N+](=O)[O-])c2)C1=O. The molecule has 3 amide bonds. The van der Waals surface area contributed by atoms with E-state index in [-0.39, 0.29) is 17.5 Å². The molecule has 1 aliphatic rings. The van der Waals surface area contributed by atoms with E-state index in [4.69, 9.17) is 0 Å². The molecule has 0 bridgehead atoms. The van der Waals surface area contributed by atoms with Crippen molar-refractivity contribution in [2.75, 3.05) is 0 Å². The quantitative estimate of drug-likeness (QED) is 0.511. The lowest BCUT2D eigenvalue weighted by molar-refractivity contribution is -0.380. The van der Waals surface area contributed by atoms with E-state index >= 15 is 0 Å². The zero-order valence-corrected chi connectivity index (χ0v) is 10.6. The van der Waals surface area contributed by atoms with Crippen LogP contribution in [0.1, 0.15) is 19.4 Å². The van der Waals surface area contributed by atoms with Crippen LogP contribution in [0.15, 0.2) is 11.4 Å². The predicted molar refractivity (Wildman–Crippen MR) is 64.1 cm³/mol. The summed E-state index contributed by atoms with van der Waals surface area (Å²) in [6, 6.07) is 0.898. The molecule has 0 radical (unpaired) electrons. The average molecular weight is 269 g/mol. The van der Waals surface area contributed by atoms with Crippen LogP contribution in [0.4, 0.5) is 9.80 Å². The smallest absolute Gasteiger partial charge is 0.324 e. The van der Waals surface area contributed by atoms with Crippen molar-refractivity contribution in [3.05, 3.63) is 27.1 Å². The topological polar surface area (TPSA) is 92.6 Å². The van der Waals surface area contributed by atoms with E-state index in [0.29, 0.717) is 5.56 Å². The molecule has 0 atom stereocenters. The molecule has 1 fully saturated rings. The number of amides is 3. The van der Waals surface area contributed by atoms with Crippen LogP contribution in [0.5, 0.6) is 0 Å². The van der Waals surface area contributed by atoms with E-state index in [0.717, 1.165) is 16.2 Å². The molecule has 1 aliphatic heterocycles. The van der Waals surface area contributed by atoms with Gasteiger partial charge in [0.05, 0.1) is 11.5 Å². The molecule has 1 aromatic heterocycles. The number of carbonyl (C=O) groups excluding carboxylic acids is 2. The molecule has 8 heteroatoms. The van der Waals surface area contributed by atoms with Gasteiger partial charge in [-0.25, -0.2) is 4.79 Å². The summed E-state index contributed by atoms with van der Waals surface area (Å²) in [7, 11) is 0. The van der Waals surface area contributed by atoms with Gasteiger partial charge in [-0.05, 0) is 19.4 Å². The molecule has 96 valence electrons. The second-order valence-corrected chi connectivity index (χ2v) is 5.39. The first-order valence-electron chi connectivity index (χ1n) is 5.17. The van der Waals surface area contributed by atoms with E-state index in [1.807, 2.05) is 0 Å². The summed E-state index contributed by atoms with van der Waals surface area (Å²) in [6.45, 7) is 3.28. The highest BCUT2D eigenvalue weighted by Gasteiger charge is 2.44. The maximum Gasteiger partial charge on any atom is 0.325 e. The maximum absolute atomic E-state index is 11.9. The van der Waals surface area contributed by atoms with Gasteiger partial charge in [-0.3, -0.25) is 19.8 Å². The third kappa shape index (κ3) is 2.06. The lowest BCUT2D eigenvalue weighted by atomic mass is 10.1. The van der Waals surface area contributed by atoms with E-state index in [1.54, 1.807) is 19.2 Å². The van der Waals surface area contributed by atoms with E-state index in [1.165, 1.54) is 6.07 Å². The number of nitrogens with zero attached hydrogens (tertiary/aromatic N) is 2. The molecule has 2 heterocycles. The van der Waals surface area contributed by atoms with Crippen LogP contribution in [-0.4, -0.2) is 27.3 Å². The van der Waals surface area contributed by atoms with E-state index < -0.39 is 16.5 Å². The molecule has 18 heavy (non-hydrogen) atoms. The number of urea groups is 1. The van der Waals surface area contributed by atoms with Crippen molar-refractivity contribution in [3.8, 4) is 0 Å². The van der Waals surface area contributed by atoms with Gasteiger partial charge in [0.25, 0.3) is 5.91 Å². The van der Waals surface area contributed by atoms with Gasteiger partial charge in [-0.2, -0.15) is 0 Å². The third-order valence-corrected chi connectivity index (χ3v) is 3.53. The van der Waals surface area contributed by atoms with Gasteiger partial charge in [0, 0.05) is 11.4 Å². The zero-order chi connectivity index (χ0) is 13.5. The zero-order valence-electron chi connectivity index (χ0n) is 9.80. The summed E-state index contributed by atoms with van der Waals surface area (Å²) in [5.74, 6) is -0.332. The molecular formula is C10H11N3O4S. The molecular weight excluding hydrogens is 258 g/mol. The van der Waals surface area contributed by atoms with Gasteiger partial charge in [0.15, 0.2) is 0 Å². The largest absolute Gasteiger partial charge is 0.325 e. The summed E-state index contributed by atoms with van der Waals surface area (Å²) in [5, 5.41) is 14.7. The Labute approximate surface area is 107 Å². The maximum atomic E-state index is 11.9. The lowest BCUT2D eigenvalue weighted by Gasteiger charge is -2.15.